The van der Waals surface area contributed by atoms with E-state index in [9.17, 15) is 14.4 Å². The van der Waals surface area contributed by atoms with Crippen LogP contribution in [0.3, 0.4) is 0 Å². The van der Waals surface area contributed by atoms with Gasteiger partial charge in [-0.05, 0) is 43.5 Å². The van der Waals surface area contributed by atoms with Crippen molar-refractivity contribution in [3.05, 3.63) is 47.1 Å². The number of anilines is 1. The molecular formula is C22H23ClN4O3S2. The molecule has 0 bridgehead atoms. The number of aryl methyl sites for hydroxylation is 1. The van der Waals surface area contributed by atoms with Crippen LogP contribution in [-0.2, 0) is 9.59 Å². The van der Waals surface area contributed by atoms with E-state index in [0.29, 0.717) is 41.9 Å². The molecule has 0 atom stereocenters. The van der Waals surface area contributed by atoms with Gasteiger partial charge in [-0.1, -0.05) is 41.3 Å². The Morgan fingerprint density at radius 3 is 2.56 bits per heavy atom. The van der Waals surface area contributed by atoms with E-state index < -0.39 is 0 Å². The number of hydrogen-bond donors (Lipinski definition) is 1. The largest absolute Gasteiger partial charge is 0.336 e. The van der Waals surface area contributed by atoms with Gasteiger partial charge in [0.05, 0.1) is 15.4 Å². The highest BCUT2D eigenvalue weighted by Gasteiger charge is 2.30. The molecule has 4 rings (SSSR count). The van der Waals surface area contributed by atoms with E-state index >= 15 is 0 Å². The Morgan fingerprint density at radius 1 is 1.22 bits per heavy atom. The Labute approximate surface area is 199 Å². The van der Waals surface area contributed by atoms with Crippen molar-refractivity contribution in [3.8, 4) is 0 Å². The Balaban J connectivity index is 1.45. The molecular weight excluding hydrogens is 468 g/mol. The number of halogens is 1. The van der Waals surface area contributed by atoms with E-state index in [1.807, 2.05) is 13.0 Å². The predicted molar refractivity (Wildman–Crippen MR) is 126 cm³/mol. The fourth-order valence-electron chi connectivity index (χ4n) is 3.42. The number of nitrogens with zero attached hydrogens (tertiary/aromatic N) is 3. The molecule has 0 spiro atoms. The normalized spacial score (nSPS) is 16.1. The number of amides is 3. The van der Waals surface area contributed by atoms with Crippen LogP contribution < -0.4 is 5.32 Å². The van der Waals surface area contributed by atoms with Crippen LogP contribution in [0.1, 0.15) is 28.8 Å². The summed E-state index contributed by atoms with van der Waals surface area (Å²) in [5, 5.41) is 3.97. The molecule has 3 amide bonds. The van der Waals surface area contributed by atoms with Gasteiger partial charge in [0.25, 0.3) is 5.91 Å². The molecule has 1 aromatic carbocycles. The van der Waals surface area contributed by atoms with Crippen LogP contribution in [0.15, 0.2) is 40.1 Å². The lowest BCUT2D eigenvalue weighted by atomic mass is 10.1. The lowest BCUT2D eigenvalue weighted by Crippen LogP contribution is -2.50. The zero-order valence-corrected chi connectivity index (χ0v) is 20.0. The number of rotatable bonds is 6. The SMILES string of the molecule is C=CC(=O)N1CCN(C(=O)c2cc(Sc3cnc(NC(=O)C4CC4)s3)c(Cl)cc2C)CC1. The Hall–Kier alpha value is -2.36. The molecule has 168 valence electrons. The number of aromatic nitrogens is 1. The average Bonchev–Trinajstić information content (AvgIpc) is 3.56. The fraction of sp³-hybridized carbons (Fsp3) is 0.364. The smallest absolute Gasteiger partial charge is 0.254 e. The van der Waals surface area contributed by atoms with Gasteiger partial charge in [-0.3, -0.25) is 14.4 Å². The van der Waals surface area contributed by atoms with Crippen LogP contribution >= 0.6 is 34.7 Å². The molecule has 2 heterocycles. The third-order valence-electron chi connectivity index (χ3n) is 5.44. The minimum Gasteiger partial charge on any atom is -0.336 e. The highest BCUT2D eigenvalue weighted by molar-refractivity contribution is 8.01. The summed E-state index contributed by atoms with van der Waals surface area (Å²) in [4.78, 5) is 45.4. The number of benzene rings is 1. The van der Waals surface area contributed by atoms with Gasteiger partial charge < -0.3 is 15.1 Å². The van der Waals surface area contributed by atoms with Crippen molar-refractivity contribution in [2.75, 3.05) is 31.5 Å². The van der Waals surface area contributed by atoms with Gasteiger partial charge in [-0.25, -0.2) is 4.98 Å². The third kappa shape index (κ3) is 5.16. The van der Waals surface area contributed by atoms with Crippen LogP contribution in [0, 0.1) is 12.8 Å². The van der Waals surface area contributed by atoms with E-state index in [4.69, 9.17) is 11.6 Å². The maximum atomic E-state index is 13.2. The van der Waals surface area contributed by atoms with Crippen molar-refractivity contribution in [1.29, 1.82) is 0 Å². The van der Waals surface area contributed by atoms with Gasteiger partial charge in [0, 0.05) is 42.6 Å². The summed E-state index contributed by atoms with van der Waals surface area (Å²) in [6.45, 7) is 7.30. The van der Waals surface area contributed by atoms with Crippen molar-refractivity contribution in [1.82, 2.24) is 14.8 Å². The van der Waals surface area contributed by atoms with Crippen LogP contribution in [0.5, 0.6) is 0 Å². The minimum atomic E-state index is -0.115. The molecule has 0 radical (unpaired) electrons. The van der Waals surface area contributed by atoms with Gasteiger partial charge in [0.2, 0.25) is 11.8 Å². The van der Waals surface area contributed by atoms with Gasteiger partial charge in [0.1, 0.15) is 0 Å². The molecule has 2 aliphatic rings. The molecule has 1 aliphatic heterocycles. The second-order valence-electron chi connectivity index (χ2n) is 7.77. The monoisotopic (exact) mass is 490 g/mol. The standard InChI is InChI=1S/C22H23ClN4O3S2/c1-3-18(28)26-6-8-27(9-7-26)21(30)15-11-17(16(23)10-13(15)2)31-19-12-24-22(32-19)25-20(29)14-4-5-14/h3,10-12,14H,1,4-9H2,2H3,(H,24,25,29). The van der Waals surface area contributed by atoms with Crippen LogP contribution in [0.4, 0.5) is 5.13 Å². The molecule has 10 heteroatoms. The molecule has 2 fully saturated rings. The molecule has 1 saturated heterocycles. The lowest BCUT2D eigenvalue weighted by Gasteiger charge is -2.34. The van der Waals surface area contributed by atoms with Crippen molar-refractivity contribution in [2.24, 2.45) is 5.92 Å². The molecule has 32 heavy (non-hydrogen) atoms. The highest BCUT2D eigenvalue weighted by atomic mass is 35.5. The van der Waals surface area contributed by atoms with E-state index in [-0.39, 0.29) is 23.6 Å². The second kappa shape index (κ2) is 9.64. The van der Waals surface area contributed by atoms with Crippen molar-refractivity contribution < 1.29 is 14.4 Å². The van der Waals surface area contributed by atoms with Crippen molar-refractivity contribution >= 4 is 57.6 Å². The fourth-order valence-corrected chi connectivity index (χ4v) is 5.63. The molecule has 0 unspecified atom stereocenters. The molecule has 2 aromatic rings. The number of nitrogens with one attached hydrogen (secondary N) is 1. The third-order valence-corrected chi connectivity index (χ3v) is 7.93. The first kappa shape index (κ1) is 22.8. The maximum absolute atomic E-state index is 13.2. The highest BCUT2D eigenvalue weighted by Crippen LogP contribution is 2.39. The van der Waals surface area contributed by atoms with Crippen LogP contribution in [0.25, 0.3) is 0 Å². The van der Waals surface area contributed by atoms with Gasteiger partial charge >= 0.3 is 0 Å². The number of carbonyl (C=O) groups is 3. The summed E-state index contributed by atoms with van der Waals surface area (Å²) in [5.41, 5.74) is 1.39. The number of carbonyl (C=O) groups excluding carboxylic acids is 3. The summed E-state index contributed by atoms with van der Waals surface area (Å²) in [6, 6.07) is 3.61. The summed E-state index contributed by atoms with van der Waals surface area (Å²) in [6.07, 6.45) is 4.88. The van der Waals surface area contributed by atoms with Crippen molar-refractivity contribution in [2.45, 2.75) is 28.9 Å². The van der Waals surface area contributed by atoms with E-state index in [1.54, 1.807) is 22.1 Å². The van der Waals surface area contributed by atoms with Crippen LogP contribution in [-0.4, -0.2) is 58.7 Å². The second-order valence-corrected chi connectivity index (χ2v) is 10.5. The molecule has 1 saturated carbocycles. The quantitative estimate of drug-likeness (QED) is 0.617. The average molecular weight is 491 g/mol. The first-order chi connectivity index (χ1) is 15.4. The summed E-state index contributed by atoms with van der Waals surface area (Å²) >= 11 is 9.27. The van der Waals surface area contributed by atoms with Gasteiger partial charge in [0.15, 0.2) is 5.13 Å². The first-order valence-corrected chi connectivity index (χ1v) is 12.3. The van der Waals surface area contributed by atoms with Gasteiger partial charge in [-0.2, -0.15) is 0 Å². The first-order valence-electron chi connectivity index (χ1n) is 10.3. The van der Waals surface area contributed by atoms with E-state index in [2.05, 4.69) is 16.9 Å². The van der Waals surface area contributed by atoms with E-state index in [1.165, 1.54) is 29.2 Å². The van der Waals surface area contributed by atoms with Crippen molar-refractivity contribution in [3.63, 3.8) is 0 Å². The number of thiazole rings is 1. The topological polar surface area (TPSA) is 82.6 Å². The van der Waals surface area contributed by atoms with Crippen LogP contribution in [0.2, 0.25) is 5.02 Å². The Morgan fingerprint density at radius 2 is 1.91 bits per heavy atom. The number of hydrogen-bond acceptors (Lipinski definition) is 6. The molecule has 1 aromatic heterocycles. The Kier molecular flexibility index (Phi) is 6.88. The summed E-state index contributed by atoms with van der Waals surface area (Å²) < 4.78 is 0.872. The van der Waals surface area contributed by atoms with E-state index in [0.717, 1.165) is 27.5 Å². The Bertz CT molecular complexity index is 1080. The molecule has 1 N–H and O–H groups in total. The summed E-state index contributed by atoms with van der Waals surface area (Å²) in [7, 11) is 0. The zero-order valence-electron chi connectivity index (χ0n) is 17.6. The molecule has 1 aliphatic carbocycles. The summed E-state index contributed by atoms with van der Waals surface area (Å²) in [5.74, 6) is -0.0528. The maximum Gasteiger partial charge on any atom is 0.254 e. The molecule has 7 nitrogen and oxygen atoms in total. The lowest BCUT2D eigenvalue weighted by molar-refractivity contribution is -0.127. The number of piperazine rings is 1. The minimum absolute atomic E-state index is 0.0204. The zero-order chi connectivity index (χ0) is 22.8. The van der Waals surface area contributed by atoms with Gasteiger partial charge in [-0.15, -0.1) is 0 Å². The predicted octanol–water partition coefficient (Wildman–Crippen LogP) is 4.08.